The molecule has 1 saturated heterocycles. The van der Waals surface area contributed by atoms with Crippen molar-refractivity contribution < 1.29 is 9.90 Å². The Morgan fingerprint density at radius 2 is 1.81 bits per heavy atom. The van der Waals surface area contributed by atoms with Crippen LogP contribution < -0.4 is 5.32 Å². The maximum atomic E-state index is 12.0. The molecule has 2 aromatic rings. The van der Waals surface area contributed by atoms with Gasteiger partial charge in [0.15, 0.2) is 0 Å². The van der Waals surface area contributed by atoms with Crippen LogP contribution in [0.1, 0.15) is 32.3 Å². The maximum Gasteiger partial charge on any atom is 0.219 e. The smallest absolute Gasteiger partial charge is 0.219 e. The number of nitrogens with zero attached hydrogens (tertiary/aromatic N) is 3. The molecule has 6 heteroatoms. The molecule has 3 atom stereocenters. The van der Waals surface area contributed by atoms with E-state index in [9.17, 15) is 9.90 Å². The van der Waals surface area contributed by atoms with Crippen molar-refractivity contribution in [2.24, 2.45) is 5.92 Å². The number of rotatable bonds is 7. The molecule has 1 aliphatic heterocycles. The third kappa shape index (κ3) is 4.51. The van der Waals surface area contributed by atoms with E-state index >= 15 is 0 Å². The number of aliphatic hydroxyl groups excluding tert-OH is 1. The van der Waals surface area contributed by atoms with Crippen molar-refractivity contribution in [3.8, 4) is 11.1 Å². The summed E-state index contributed by atoms with van der Waals surface area (Å²) >= 11 is 0. The average Bonchev–Trinajstić information content (AvgIpc) is 2.64. The highest BCUT2D eigenvalue weighted by Crippen LogP contribution is 2.33. The van der Waals surface area contributed by atoms with E-state index in [0.29, 0.717) is 12.5 Å². The number of aromatic nitrogens is 2. The second-order valence-electron chi connectivity index (χ2n) is 7.66. The minimum atomic E-state index is 0.0220. The van der Waals surface area contributed by atoms with Crippen molar-refractivity contribution in [2.75, 3.05) is 19.7 Å². The zero-order valence-electron chi connectivity index (χ0n) is 16.2. The van der Waals surface area contributed by atoms with Gasteiger partial charge in [-0.15, -0.1) is 0 Å². The Balaban J connectivity index is 1.75. The number of carbonyl (C=O) groups excluding carboxylic acids is 1. The van der Waals surface area contributed by atoms with E-state index in [2.05, 4.69) is 53.4 Å². The van der Waals surface area contributed by atoms with E-state index < -0.39 is 0 Å². The molecule has 144 valence electrons. The molecule has 3 rings (SSSR count). The molecular formula is C21H28N4O2. The molecule has 1 aromatic heterocycles. The van der Waals surface area contributed by atoms with Crippen molar-refractivity contribution in [3.63, 3.8) is 0 Å². The number of benzene rings is 1. The molecule has 2 heterocycles. The molecule has 0 bridgehead atoms. The van der Waals surface area contributed by atoms with Crippen molar-refractivity contribution in [3.05, 3.63) is 48.5 Å². The fraction of sp³-hybridized carbons (Fsp3) is 0.476. The van der Waals surface area contributed by atoms with Gasteiger partial charge in [-0.3, -0.25) is 4.79 Å². The molecule has 0 saturated carbocycles. The normalized spacial score (nSPS) is 21.7. The second kappa shape index (κ2) is 8.59. The lowest BCUT2D eigenvalue weighted by molar-refractivity contribution is -0.130. The SMILES string of the molecule is CC(=O)N(CC(C)C)C[C@@H]1N[C@H](CO)[C@H]1c1ccc(-c2cncnc2)cc1. The van der Waals surface area contributed by atoms with Crippen molar-refractivity contribution in [1.82, 2.24) is 20.2 Å². The summed E-state index contributed by atoms with van der Waals surface area (Å²) in [6, 6.07) is 8.50. The van der Waals surface area contributed by atoms with Gasteiger partial charge in [0, 0.05) is 56.0 Å². The molecule has 1 aliphatic rings. The number of carbonyl (C=O) groups is 1. The van der Waals surface area contributed by atoms with Crippen molar-refractivity contribution in [1.29, 1.82) is 0 Å². The molecule has 2 N–H and O–H groups in total. The van der Waals surface area contributed by atoms with Gasteiger partial charge < -0.3 is 15.3 Å². The second-order valence-corrected chi connectivity index (χ2v) is 7.66. The molecule has 6 nitrogen and oxygen atoms in total. The van der Waals surface area contributed by atoms with Gasteiger partial charge in [-0.2, -0.15) is 0 Å². The van der Waals surface area contributed by atoms with Gasteiger partial charge in [0.05, 0.1) is 6.61 Å². The number of amides is 1. The molecule has 1 aromatic carbocycles. The summed E-state index contributed by atoms with van der Waals surface area (Å²) in [6.45, 7) is 7.34. The Morgan fingerprint density at radius 3 is 2.37 bits per heavy atom. The summed E-state index contributed by atoms with van der Waals surface area (Å²) in [5.41, 5.74) is 3.21. The lowest BCUT2D eigenvalue weighted by Gasteiger charge is -2.47. The fourth-order valence-electron chi connectivity index (χ4n) is 3.80. The van der Waals surface area contributed by atoms with E-state index in [1.165, 1.54) is 11.9 Å². The predicted molar refractivity (Wildman–Crippen MR) is 105 cm³/mol. The summed E-state index contributed by atoms with van der Waals surface area (Å²) in [5.74, 6) is 0.703. The zero-order valence-corrected chi connectivity index (χ0v) is 16.2. The van der Waals surface area contributed by atoms with E-state index in [4.69, 9.17) is 0 Å². The van der Waals surface area contributed by atoms with E-state index in [1.54, 1.807) is 19.3 Å². The minimum Gasteiger partial charge on any atom is -0.395 e. The van der Waals surface area contributed by atoms with E-state index in [0.717, 1.165) is 17.7 Å². The quantitative estimate of drug-likeness (QED) is 0.782. The van der Waals surface area contributed by atoms with Crippen LogP contribution in [0.25, 0.3) is 11.1 Å². The first kappa shape index (κ1) is 19.5. The van der Waals surface area contributed by atoms with Gasteiger partial charge in [-0.1, -0.05) is 38.1 Å². The summed E-state index contributed by atoms with van der Waals surface area (Å²) in [4.78, 5) is 22.0. The zero-order chi connectivity index (χ0) is 19.4. The first-order valence-corrected chi connectivity index (χ1v) is 9.47. The monoisotopic (exact) mass is 368 g/mol. The van der Waals surface area contributed by atoms with Crippen LogP contribution in [-0.4, -0.2) is 57.7 Å². The van der Waals surface area contributed by atoms with Crippen LogP contribution in [-0.2, 0) is 4.79 Å². The molecule has 1 amide bonds. The lowest BCUT2D eigenvalue weighted by atomic mass is 9.77. The summed E-state index contributed by atoms with van der Waals surface area (Å²) in [7, 11) is 0. The standard InChI is InChI=1S/C21H28N4O2/c1-14(2)10-25(15(3)27)11-19-21(20(12-26)24-19)17-6-4-16(5-7-17)18-8-22-13-23-9-18/h4-9,13-14,19-21,24,26H,10-12H2,1-3H3/t19-,20+,21-/m0/s1. The average molecular weight is 368 g/mol. The maximum absolute atomic E-state index is 12.0. The largest absolute Gasteiger partial charge is 0.395 e. The van der Waals surface area contributed by atoms with E-state index in [-0.39, 0.29) is 30.5 Å². The van der Waals surface area contributed by atoms with Gasteiger partial charge in [-0.25, -0.2) is 9.97 Å². The highest BCUT2D eigenvalue weighted by atomic mass is 16.3. The van der Waals surface area contributed by atoms with Gasteiger partial charge in [0.1, 0.15) is 6.33 Å². The Labute approximate surface area is 160 Å². The molecular weight excluding hydrogens is 340 g/mol. The van der Waals surface area contributed by atoms with Gasteiger partial charge in [0.2, 0.25) is 5.91 Å². The Morgan fingerprint density at radius 1 is 1.15 bits per heavy atom. The molecule has 27 heavy (non-hydrogen) atoms. The van der Waals surface area contributed by atoms with Crippen LogP contribution in [0.4, 0.5) is 0 Å². The number of nitrogens with one attached hydrogen (secondary N) is 1. The highest BCUT2D eigenvalue weighted by molar-refractivity contribution is 5.73. The molecule has 1 fully saturated rings. The van der Waals surface area contributed by atoms with Crippen LogP contribution >= 0.6 is 0 Å². The number of aliphatic hydroxyl groups is 1. The molecule has 0 aliphatic carbocycles. The van der Waals surface area contributed by atoms with E-state index in [1.807, 2.05) is 4.90 Å². The highest BCUT2D eigenvalue weighted by Gasteiger charge is 2.41. The van der Waals surface area contributed by atoms with Crippen molar-refractivity contribution in [2.45, 2.75) is 38.8 Å². The fourth-order valence-corrected chi connectivity index (χ4v) is 3.80. The third-order valence-corrected chi connectivity index (χ3v) is 5.13. The Bertz CT molecular complexity index is 749. The van der Waals surface area contributed by atoms with Crippen LogP contribution in [0.2, 0.25) is 0 Å². The van der Waals surface area contributed by atoms with Gasteiger partial charge in [-0.05, 0) is 17.0 Å². The molecule has 0 unspecified atom stereocenters. The number of hydrogen-bond donors (Lipinski definition) is 2. The number of hydrogen-bond acceptors (Lipinski definition) is 5. The minimum absolute atomic E-state index is 0.0220. The third-order valence-electron chi connectivity index (χ3n) is 5.13. The van der Waals surface area contributed by atoms with Crippen LogP contribution in [0, 0.1) is 5.92 Å². The molecule has 0 radical (unpaired) electrons. The first-order valence-electron chi connectivity index (χ1n) is 9.47. The topological polar surface area (TPSA) is 78.4 Å². The van der Waals surface area contributed by atoms with Gasteiger partial charge in [0.25, 0.3) is 0 Å². The van der Waals surface area contributed by atoms with Crippen molar-refractivity contribution >= 4 is 5.91 Å². The first-order chi connectivity index (χ1) is 13.0. The van der Waals surface area contributed by atoms with Crippen LogP contribution in [0.3, 0.4) is 0 Å². The Hall–Kier alpha value is -2.31. The lowest BCUT2D eigenvalue weighted by Crippen LogP contribution is -2.65. The van der Waals surface area contributed by atoms with Gasteiger partial charge >= 0.3 is 0 Å². The van der Waals surface area contributed by atoms with Crippen LogP contribution in [0.15, 0.2) is 43.0 Å². The summed E-state index contributed by atoms with van der Waals surface area (Å²) in [5, 5.41) is 13.1. The van der Waals surface area contributed by atoms with Crippen LogP contribution in [0.5, 0.6) is 0 Å². The molecule has 0 spiro atoms. The summed E-state index contributed by atoms with van der Waals surface area (Å²) in [6.07, 6.45) is 5.11. The predicted octanol–water partition coefficient (Wildman–Crippen LogP) is 2.06. The summed E-state index contributed by atoms with van der Waals surface area (Å²) < 4.78 is 0. The Kier molecular flexibility index (Phi) is 6.19.